The maximum atomic E-state index is 11.7. The highest BCUT2D eigenvalue weighted by molar-refractivity contribution is 5.94. The monoisotopic (exact) mass is 194 g/mol. The highest BCUT2D eigenvalue weighted by atomic mass is 16.1. The predicted molar refractivity (Wildman–Crippen MR) is 55.9 cm³/mol. The largest absolute Gasteiger partial charge is 0.349 e. The van der Waals surface area contributed by atoms with E-state index in [4.69, 9.17) is 0 Å². The van der Waals surface area contributed by atoms with Gasteiger partial charge >= 0.3 is 0 Å². The van der Waals surface area contributed by atoms with Crippen LogP contribution in [0.2, 0.25) is 0 Å². The molecule has 1 aliphatic carbocycles. The van der Waals surface area contributed by atoms with Crippen LogP contribution in [0.1, 0.15) is 26.7 Å². The molecule has 1 heterocycles. The molecule has 2 fully saturated rings. The highest BCUT2D eigenvalue weighted by Gasteiger charge is 2.28. The van der Waals surface area contributed by atoms with Crippen molar-refractivity contribution < 1.29 is 4.79 Å². The summed E-state index contributed by atoms with van der Waals surface area (Å²) in [6.07, 6.45) is 2.40. The topological polar surface area (TPSA) is 41.1 Å². The Morgan fingerprint density at radius 1 is 1.43 bits per heavy atom. The van der Waals surface area contributed by atoms with Crippen LogP contribution in [0.25, 0.3) is 0 Å². The number of hydrogen-bond donors (Lipinski definition) is 2. The van der Waals surface area contributed by atoms with Crippen molar-refractivity contribution in [3.8, 4) is 0 Å². The van der Waals surface area contributed by atoms with E-state index in [0.29, 0.717) is 12.0 Å². The number of hydrogen-bond acceptors (Lipinski definition) is 2. The fraction of sp³-hybridized carbons (Fsp3) is 0.727. The molecule has 1 amide bonds. The number of carbonyl (C=O) groups excluding carboxylic acids is 1. The van der Waals surface area contributed by atoms with Crippen molar-refractivity contribution >= 4 is 5.91 Å². The van der Waals surface area contributed by atoms with E-state index in [0.717, 1.165) is 25.1 Å². The van der Waals surface area contributed by atoms with Crippen molar-refractivity contribution in [3.05, 3.63) is 11.1 Å². The third kappa shape index (κ3) is 1.69. The second-order valence-electron chi connectivity index (χ2n) is 4.47. The maximum absolute atomic E-state index is 11.7. The van der Waals surface area contributed by atoms with E-state index in [1.54, 1.807) is 0 Å². The molecule has 2 atom stereocenters. The second kappa shape index (κ2) is 3.73. The molecule has 2 unspecified atom stereocenters. The summed E-state index contributed by atoms with van der Waals surface area (Å²) >= 11 is 0. The maximum Gasteiger partial charge on any atom is 0.247 e. The van der Waals surface area contributed by atoms with E-state index in [1.807, 2.05) is 6.92 Å². The summed E-state index contributed by atoms with van der Waals surface area (Å²) in [5, 5.41) is 6.24. The van der Waals surface area contributed by atoms with Crippen molar-refractivity contribution in [1.82, 2.24) is 10.6 Å². The summed E-state index contributed by atoms with van der Waals surface area (Å²) < 4.78 is 0. The molecule has 2 aliphatic rings. The Hall–Kier alpha value is -0.830. The van der Waals surface area contributed by atoms with Crippen LogP contribution in [-0.2, 0) is 4.79 Å². The minimum atomic E-state index is 0.137. The molecule has 0 aromatic carbocycles. The SMILES string of the molecule is CC(C(=O)NC1CCC1C)=C1CNC1. The van der Waals surface area contributed by atoms with E-state index in [-0.39, 0.29) is 5.91 Å². The van der Waals surface area contributed by atoms with Gasteiger partial charge in [0.2, 0.25) is 5.91 Å². The standard InChI is InChI=1S/C11H18N2O/c1-7-3-4-10(7)13-11(14)8(2)9-5-12-6-9/h7,10,12H,3-6H2,1-2H3,(H,13,14). The van der Waals surface area contributed by atoms with E-state index in [1.165, 1.54) is 12.0 Å². The predicted octanol–water partition coefficient (Wildman–Crippen LogP) is 0.821. The molecule has 0 aromatic rings. The van der Waals surface area contributed by atoms with Crippen LogP contribution in [0.5, 0.6) is 0 Å². The Kier molecular flexibility index (Phi) is 2.59. The lowest BCUT2D eigenvalue weighted by atomic mass is 9.81. The minimum Gasteiger partial charge on any atom is -0.349 e. The van der Waals surface area contributed by atoms with Gasteiger partial charge in [-0.15, -0.1) is 0 Å². The molecular formula is C11H18N2O. The number of carbonyl (C=O) groups is 1. The van der Waals surface area contributed by atoms with Crippen molar-refractivity contribution in [3.63, 3.8) is 0 Å². The van der Waals surface area contributed by atoms with Gasteiger partial charge in [0.15, 0.2) is 0 Å². The molecule has 0 spiro atoms. The summed E-state index contributed by atoms with van der Waals surface area (Å²) in [6, 6.07) is 0.422. The first-order valence-electron chi connectivity index (χ1n) is 5.38. The lowest BCUT2D eigenvalue weighted by molar-refractivity contribution is -0.119. The fourth-order valence-corrected chi connectivity index (χ4v) is 1.83. The number of rotatable bonds is 2. The van der Waals surface area contributed by atoms with E-state index in [9.17, 15) is 4.79 Å². The molecule has 3 nitrogen and oxygen atoms in total. The molecule has 3 heteroatoms. The van der Waals surface area contributed by atoms with Crippen molar-refractivity contribution in [2.45, 2.75) is 32.7 Å². The minimum absolute atomic E-state index is 0.137. The zero-order valence-electron chi connectivity index (χ0n) is 8.89. The van der Waals surface area contributed by atoms with E-state index in [2.05, 4.69) is 17.6 Å². The summed E-state index contributed by atoms with van der Waals surface area (Å²) in [5.41, 5.74) is 2.18. The van der Waals surface area contributed by atoms with Gasteiger partial charge in [0.1, 0.15) is 0 Å². The van der Waals surface area contributed by atoms with Crippen LogP contribution in [0, 0.1) is 5.92 Å². The summed E-state index contributed by atoms with van der Waals surface area (Å²) in [7, 11) is 0. The molecule has 0 aromatic heterocycles. The van der Waals surface area contributed by atoms with Crippen LogP contribution < -0.4 is 10.6 Å². The lowest BCUT2D eigenvalue weighted by Gasteiger charge is -2.35. The smallest absolute Gasteiger partial charge is 0.247 e. The van der Waals surface area contributed by atoms with Gasteiger partial charge in [0.05, 0.1) is 0 Å². The zero-order chi connectivity index (χ0) is 10.1. The molecule has 2 N–H and O–H groups in total. The van der Waals surface area contributed by atoms with Gasteiger partial charge < -0.3 is 10.6 Å². The Morgan fingerprint density at radius 3 is 2.50 bits per heavy atom. The summed E-state index contributed by atoms with van der Waals surface area (Å²) in [5.74, 6) is 0.800. The molecule has 1 saturated heterocycles. The van der Waals surface area contributed by atoms with Crippen molar-refractivity contribution in [2.75, 3.05) is 13.1 Å². The van der Waals surface area contributed by atoms with Gasteiger partial charge in [0.25, 0.3) is 0 Å². The van der Waals surface area contributed by atoms with Crippen LogP contribution in [0.3, 0.4) is 0 Å². The molecule has 14 heavy (non-hydrogen) atoms. The first-order chi connectivity index (χ1) is 6.68. The van der Waals surface area contributed by atoms with Gasteiger partial charge in [-0.1, -0.05) is 6.92 Å². The third-order valence-corrected chi connectivity index (χ3v) is 3.48. The second-order valence-corrected chi connectivity index (χ2v) is 4.47. The Morgan fingerprint density at radius 2 is 2.14 bits per heavy atom. The average Bonchev–Trinajstić information content (AvgIpc) is 2.08. The molecule has 78 valence electrons. The third-order valence-electron chi connectivity index (χ3n) is 3.48. The Bertz CT molecular complexity index is 277. The quantitative estimate of drug-likeness (QED) is 0.639. The number of nitrogens with one attached hydrogen (secondary N) is 2. The summed E-state index contributed by atoms with van der Waals surface area (Å²) in [6.45, 7) is 5.90. The molecule has 0 radical (unpaired) electrons. The molecule has 1 aliphatic heterocycles. The van der Waals surface area contributed by atoms with Crippen LogP contribution in [0.4, 0.5) is 0 Å². The lowest BCUT2D eigenvalue weighted by Crippen LogP contribution is -2.47. The zero-order valence-corrected chi connectivity index (χ0v) is 8.89. The molecule has 2 rings (SSSR count). The van der Waals surface area contributed by atoms with Crippen molar-refractivity contribution in [2.24, 2.45) is 5.92 Å². The highest BCUT2D eigenvalue weighted by Crippen LogP contribution is 2.26. The number of amides is 1. The van der Waals surface area contributed by atoms with Gasteiger partial charge in [-0.2, -0.15) is 0 Å². The average molecular weight is 194 g/mol. The van der Waals surface area contributed by atoms with Crippen molar-refractivity contribution in [1.29, 1.82) is 0 Å². The molecular weight excluding hydrogens is 176 g/mol. The van der Waals surface area contributed by atoms with E-state index >= 15 is 0 Å². The Balaban J connectivity index is 1.89. The summed E-state index contributed by atoms with van der Waals surface area (Å²) in [4.78, 5) is 11.7. The van der Waals surface area contributed by atoms with Gasteiger partial charge in [-0.3, -0.25) is 4.79 Å². The van der Waals surface area contributed by atoms with Crippen LogP contribution >= 0.6 is 0 Å². The normalized spacial score (nSPS) is 30.3. The fourth-order valence-electron chi connectivity index (χ4n) is 1.83. The van der Waals surface area contributed by atoms with Gasteiger partial charge in [-0.05, 0) is 31.3 Å². The van der Waals surface area contributed by atoms with Crippen LogP contribution in [-0.4, -0.2) is 25.0 Å². The molecule has 0 bridgehead atoms. The molecule has 1 saturated carbocycles. The van der Waals surface area contributed by atoms with Gasteiger partial charge in [-0.25, -0.2) is 0 Å². The first-order valence-corrected chi connectivity index (χ1v) is 5.38. The Labute approximate surface area is 84.9 Å². The first kappa shape index (κ1) is 9.71. The van der Waals surface area contributed by atoms with E-state index < -0.39 is 0 Å². The van der Waals surface area contributed by atoms with Crippen LogP contribution in [0.15, 0.2) is 11.1 Å². The van der Waals surface area contributed by atoms with Gasteiger partial charge in [0, 0.05) is 24.7 Å².